The van der Waals surface area contributed by atoms with Crippen molar-refractivity contribution in [3.63, 3.8) is 0 Å². The zero-order valence-corrected chi connectivity index (χ0v) is 20.7. The molecule has 0 bridgehead atoms. The first kappa shape index (κ1) is 22.4. The lowest BCUT2D eigenvalue weighted by Crippen LogP contribution is -2.55. The zero-order valence-electron chi connectivity index (χ0n) is 20.7. The number of nitrogens with zero attached hydrogens (tertiary/aromatic N) is 6. The van der Waals surface area contributed by atoms with Gasteiger partial charge in [0.15, 0.2) is 0 Å². The number of benzene rings is 2. The van der Waals surface area contributed by atoms with E-state index in [0.29, 0.717) is 17.8 Å². The quantitative estimate of drug-likeness (QED) is 0.368. The number of piperazine rings is 1. The Hall–Kier alpha value is -3.85. The fourth-order valence-electron chi connectivity index (χ4n) is 5.81. The molecule has 0 amide bonds. The molecule has 1 saturated heterocycles. The summed E-state index contributed by atoms with van der Waals surface area (Å²) >= 11 is 0. The fourth-order valence-corrected chi connectivity index (χ4v) is 5.81. The molecular formula is C29H30N8. The molecule has 7 rings (SSSR count). The minimum atomic E-state index is 0.396. The van der Waals surface area contributed by atoms with Gasteiger partial charge >= 0.3 is 0 Å². The minimum Gasteiger partial charge on any atom is -0.382 e. The maximum atomic E-state index is 6.43. The van der Waals surface area contributed by atoms with Crippen LogP contribution in [0.1, 0.15) is 24.6 Å². The van der Waals surface area contributed by atoms with Gasteiger partial charge in [-0.2, -0.15) is 0 Å². The lowest BCUT2D eigenvalue weighted by atomic mass is 9.78. The van der Waals surface area contributed by atoms with Crippen molar-refractivity contribution >= 4 is 22.2 Å². The van der Waals surface area contributed by atoms with Crippen molar-refractivity contribution in [1.29, 1.82) is 0 Å². The van der Waals surface area contributed by atoms with Gasteiger partial charge in [-0.05, 0) is 25.0 Å². The third-order valence-electron chi connectivity index (χ3n) is 7.99. The van der Waals surface area contributed by atoms with E-state index in [0.717, 1.165) is 83.8 Å². The van der Waals surface area contributed by atoms with Crippen molar-refractivity contribution in [3.05, 3.63) is 78.9 Å². The van der Waals surface area contributed by atoms with E-state index in [9.17, 15) is 0 Å². The first-order valence-corrected chi connectivity index (χ1v) is 13.0. The van der Waals surface area contributed by atoms with E-state index in [4.69, 9.17) is 21.5 Å². The Bertz CT molecular complexity index is 1580. The number of anilines is 1. The summed E-state index contributed by atoms with van der Waals surface area (Å²) in [5, 5.41) is 3.01. The van der Waals surface area contributed by atoms with Crippen LogP contribution in [0.25, 0.3) is 38.9 Å². The van der Waals surface area contributed by atoms with Gasteiger partial charge in [-0.3, -0.25) is 15.1 Å². The first-order chi connectivity index (χ1) is 18.1. The van der Waals surface area contributed by atoms with Crippen LogP contribution in [0, 0.1) is 0 Å². The Labute approximate surface area is 215 Å². The fraction of sp³-hybridized carbons (Fsp3) is 0.276. The highest BCUT2D eigenvalue weighted by Crippen LogP contribution is 2.42. The van der Waals surface area contributed by atoms with Gasteiger partial charge in [0.05, 0.1) is 11.2 Å². The van der Waals surface area contributed by atoms with Crippen LogP contribution in [0.3, 0.4) is 0 Å². The SMILES string of the molecule is Nc1nccn2c(C3CC(N4CCN(N)CC4)C3)nc(-c3ccc4ccc(-c5ccccc5)nc4c3)c12. The van der Waals surface area contributed by atoms with E-state index < -0.39 is 0 Å². The molecule has 0 spiro atoms. The second-order valence-electron chi connectivity index (χ2n) is 10.2. The molecule has 4 N–H and O–H groups in total. The molecular weight excluding hydrogens is 460 g/mol. The number of imidazole rings is 1. The van der Waals surface area contributed by atoms with E-state index in [-0.39, 0.29) is 0 Å². The molecule has 2 aromatic carbocycles. The minimum absolute atomic E-state index is 0.396. The maximum absolute atomic E-state index is 6.43. The molecule has 1 aliphatic carbocycles. The van der Waals surface area contributed by atoms with Crippen LogP contribution in [-0.2, 0) is 0 Å². The van der Waals surface area contributed by atoms with E-state index in [2.05, 4.69) is 56.7 Å². The molecule has 2 aliphatic rings. The summed E-state index contributed by atoms with van der Waals surface area (Å²) in [5.41, 5.74) is 12.2. The maximum Gasteiger partial charge on any atom is 0.150 e. The van der Waals surface area contributed by atoms with E-state index in [1.807, 2.05) is 29.4 Å². The van der Waals surface area contributed by atoms with Crippen molar-refractivity contribution < 1.29 is 0 Å². The smallest absolute Gasteiger partial charge is 0.150 e. The van der Waals surface area contributed by atoms with E-state index >= 15 is 0 Å². The number of hydrogen-bond acceptors (Lipinski definition) is 7. The highest BCUT2D eigenvalue weighted by molar-refractivity contribution is 5.91. The number of rotatable bonds is 4. The topological polar surface area (TPSA) is 102 Å². The molecule has 0 unspecified atom stereocenters. The highest BCUT2D eigenvalue weighted by Gasteiger charge is 2.38. The molecule has 4 heterocycles. The van der Waals surface area contributed by atoms with Crippen LogP contribution in [0.4, 0.5) is 5.82 Å². The number of hydrogen-bond donors (Lipinski definition) is 2. The van der Waals surface area contributed by atoms with Gasteiger partial charge in [0, 0.05) is 67.0 Å². The van der Waals surface area contributed by atoms with E-state index in [1.165, 1.54) is 0 Å². The standard InChI is InChI=1S/C29H30N8/c30-28-27-26(21-7-6-20-8-9-24(33-25(20)18-21)19-4-2-1-3-5-19)34-29(37(27)11-10-32-28)22-16-23(17-22)35-12-14-36(31)15-13-35/h1-11,18,22-23H,12-17,31H2,(H2,30,32). The Balaban J connectivity index is 1.24. The molecule has 5 aromatic rings. The molecule has 2 fully saturated rings. The highest BCUT2D eigenvalue weighted by atomic mass is 15.4. The number of nitrogens with two attached hydrogens (primary N) is 2. The Morgan fingerprint density at radius 1 is 0.838 bits per heavy atom. The second-order valence-corrected chi connectivity index (χ2v) is 10.2. The molecule has 3 aromatic heterocycles. The van der Waals surface area contributed by atoms with Crippen molar-refractivity contribution in [2.75, 3.05) is 31.9 Å². The first-order valence-electron chi connectivity index (χ1n) is 13.0. The average Bonchev–Trinajstić information content (AvgIpc) is 3.29. The van der Waals surface area contributed by atoms with Gasteiger partial charge in [0.1, 0.15) is 22.9 Å². The molecule has 186 valence electrons. The van der Waals surface area contributed by atoms with Crippen LogP contribution in [-0.4, -0.2) is 61.5 Å². The summed E-state index contributed by atoms with van der Waals surface area (Å²) in [6, 6.07) is 21.4. The van der Waals surface area contributed by atoms with Gasteiger partial charge < -0.3 is 5.73 Å². The average molecular weight is 491 g/mol. The van der Waals surface area contributed by atoms with Crippen molar-refractivity contribution in [2.45, 2.75) is 24.8 Å². The summed E-state index contributed by atoms with van der Waals surface area (Å²) in [5.74, 6) is 7.91. The number of aromatic nitrogens is 4. The number of nitrogen functional groups attached to an aromatic ring is 1. The molecule has 0 radical (unpaired) electrons. The van der Waals surface area contributed by atoms with Crippen LogP contribution >= 0.6 is 0 Å². The second kappa shape index (κ2) is 8.92. The summed E-state index contributed by atoms with van der Waals surface area (Å²) in [6.45, 7) is 3.93. The van der Waals surface area contributed by atoms with Gasteiger partial charge in [-0.1, -0.05) is 48.5 Å². The van der Waals surface area contributed by atoms with Crippen LogP contribution in [0.15, 0.2) is 73.1 Å². The molecule has 37 heavy (non-hydrogen) atoms. The predicted octanol–water partition coefficient (Wildman–Crippen LogP) is 3.93. The van der Waals surface area contributed by atoms with Gasteiger partial charge in [0.25, 0.3) is 0 Å². The van der Waals surface area contributed by atoms with Crippen LogP contribution < -0.4 is 11.6 Å². The zero-order chi connectivity index (χ0) is 24.9. The van der Waals surface area contributed by atoms with Crippen LogP contribution in [0.5, 0.6) is 0 Å². The number of fused-ring (bicyclic) bond motifs is 2. The molecule has 8 heteroatoms. The van der Waals surface area contributed by atoms with E-state index in [1.54, 1.807) is 6.20 Å². The van der Waals surface area contributed by atoms with Crippen molar-refractivity contribution in [2.24, 2.45) is 5.84 Å². The Morgan fingerprint density at radius 3 is 2.43 bits per heavy atom. The Morgan fingerprint density at radius 2 is 1.62 bits per heavy atom. The van der Waals surface area contributed by atoms with Crippen molar-refractivity contribution in [1.82, 2.24) is 29.3 Å². The molecule has 1 aliphatic heterocycles. The van der Waals surface area contributed by atoms with Crippen molar-refractivity contribution in [3.8, 4) is 22.5 Å². The molecule has 0 atom stereocenters. The van der Waals surface area contributed by atoms with Gasteiger partial charge in [-0.15, -0.1) is 0 Å². The summed E-state index contributed by atoms with van der Waals surface area (Å²) in [6.07, 6.45) is 5.96. The van der Waals surface area contributed by atoms with Gasteiger partial charge in [0.2, 0.25) is 0 Å². The normalized spacial score (nSPS) is 20.9. The molecule has 1 saturated carbocycles. The lowest BCUT2D eigenvalue weighted by Gasteiger charge is -2.45. The Kier molecular flexibility index (Phi) is 5.39. The predicted molar refractivity (Wildman–Crippen MR) is 147 cm³/mol. The van der Waals surface area contributed by atoms with Gasteiger partial charge in [-0.25, -0.2) is 20.0 Å². The lowest BCUT2D eigenvalue weighted by molar-refractivity contribution is 0.0498. The number of pyridine rings is 1. The third-order valence-corrected chi connectivity index (χ3v) is 7.99. The summed E-state index contributed by atoms with van der Waals surface area (Å²) in [7, 11) is 0. The summed E-state index contributed by atoms with van der Waals surface area (Å²) in [4.78, 5) is 17.1. The third kappa shape index (κ3) is 3.94. The summed E-state index contributed by atoms with van der Waals surface area (Å²) < 4.78 is 2.15. The largest absolute Gasteiger partial charge is 0.382 e. The molecule has 8 nitrogen and oxygen atoms in total. The monoisotopic (exact) mass is 490 g/mol. The van der Waals surface area contributed by atoms with Crippen LogP contribution in [0.2, 0.25) is 0 Å². The number of hydrazine groups is 1.